The smallest absolute Gasteiger partial charge is 0.415 e. The lowest BCUT2D eigenvalue weighted by molar-refractivity contribution is 0.0571. The van der Waals surface area contributed by atoms with Crippen molar-refractivity contribution in [3.8, 4) is 0 Å². The van der Waals surface area contributed by atoms with E-state index in [0.29, 0.717) is 6.54 Å². The summed E-state index contributed by atoms with van der Waals surface area (Å²) in [6.45, 7) is 7.96. The molecule has 0 aliphatic heterocycles. The zero-order chi connectivity index (χ0) is 16.0. The van der Waals surface area contributed by atoms with E-state index in [1.807, 2.05) is 46.1 Å². The Morgan fingerprint density at radius 1 is 1.48 bits per heavy atom. The number of hydrogen-bond acceptors (Lipinski definition) is 5. The van der Waals surface area contributed by atoms with Crippen LogP contribution in [0, 0.1) is 0 Å². The number of nitrogens with two attached hydrogens (primary N) is 1. The minimum atomic E-state index is -0.529. The molecule has 0 aromatic carbocycles. The molecule has 1 aromatic heterocycles. The number of ether oxygens (including phenoxy) is 1. The molecule has 1 heterocycles. The fraction of sp³-hybridized carbons (Fsp3) is 0.600. The van der Waals surface area contributed by atoms with Crippen LogP contribution in [0.2, 0.25) is 0 Å². The lowest BCUT2D eigenvalue weighted by Gasteiger charge is -2.31. The van der Waals surface area contributed by atoms with E-state index >= 15 is 0 Å². The number of anilines is 1. The largest absolute Gasteiger partial charge is 0.443 e. The molecule has 2 N–H and O–H groups in total. The van der Waals surface area contributed by atoms with Crippen molar-refractivity contribution in [1.29, 1.82) is 0 Å². The third-order valence-corrected chi connectivity index (χ3v) is 3.55. The summed E-state index contributed by atoms with van der Waals surface area (Å²) in [6.07, 6.45) is 3.33. The lowest BCUT2D eigenvalue weighted by Crippen LogP contribution is -2.43. The number of carbonyl (C=O) groups excluding carboxylic acids is 1. The van der Waals surface area contributed by atoms with Gasteiger partial charge in [0.1, 0.15) is 5.60 Å². The number of amides is 1. The molecule has 0 aliphatic carbocycles. The highest BCUT2D eigenvalue weighted by Gasteiger charge is 2.27. The van der Waals surface area contributed by atoms with Gasteiger partial charge < -0.3 is 10.5 Å². The van der Waals surface area contributed by atoms with E-state index in [4.69, 9.17) is 10.5 Å². The molecule has 1 unspecified atom stereocenters. The van der Waals surface area contributed by atoms with Crippen LogP contribution in [-0.4, -0.2) is 34.7 Å². The maximum absolute atomic E-state index is 12.5. The Morgan fingerprint density at radius 3 is 2.57 bits per heavy atom. The number of nitrogens with zero attached hydrogens (tertiary/aromatic N) is 2. The van der Waals surface area contributed by atoms with Crippen LogP contribution in [-0.2, 0) is 11.3 Å². The van der Waals surface area contributed by atoms with Crippen LogP contribution in [0.4, 0.5) is 10.5 Å². The maximum atomic E-state index is 12.5. The number of aromatic nitrogens is 1. The Hall–Kier alpha value is -1.27. The topological polar surface area (TPSA) is 68.5 Å². The highest BCUT2D eigenvalue weighted by Crippen LogP contribution is 2.21. The van der Waals surface area contributed by atoms with Crippen LogP contribution >= 0.6 is 11.8 Å². The minimum absolute atomic E-state index is 0.0142. The second kappa shape index (κ2) is 7.66. The summed E-state index contributed by atoms with van der Waals surface area (Å²) < 4.78 is 5.50. The SMILES string of the molecule is CSCC(C)N(C(=O)OC(C)(C)C)c1ccc(CN)nc1. The minimum Gasteiger partial charge on any atom is -0.443 e. The first-order valence-electron chi connectivity index (χ1n) is 6.94. The second-order valence-corrected chi connectivity index (χ2v) is 6.78. The predicted octanol–water partition coefficient (Wildman–Crippen LogP) is 3.03. The average molecular weight is 311 g/mol. The predicted molar refractivity (Wildman–Crippen MR) is 88.7 cm³/mol. The van der Waals surface area contributed by atoms with Gasteiger partial charge in [0, 0.05) is 18.3 Å². The molecule has 21 heavy (non-hydrogen) atoms. The summed E-state index contributed by atoms with van der Waals surface area (Å²) in [5.74, 6) is 0.817. The number of hydrogen-bond donors (Lipinski definition) is 1. The number of rotatable bonds is 5. The monoisotopic (exact) mass is 311 g/mol. The van der Waals surface area contributed by atoms with E-state index < -0.39 is 5.60 Å². The quantitative estimate of drug-likeness (QED) is 0.905. The van der Waals surface area contributed by atoms with Crippen molar-refractivity contribution in [1.82, 2.24) is 4.98 Å². The van der Waals surface area contributed by atoms with Crippen LogP contribution < -0.4 is 10.6 Å². The maximum Gasteiger partial charge on any atom is 0.415 e. The van der Waals surface area contributed by atoms with Crippen LogP contribution in [0.15, 0.2) is 18.3 Å². The van der Waals surface area contributed by atoms with Gasteiger partial charge in [0.05, 0.1) is 17.6 Å². The van der Waals surface area contributed by atoms with Gasteiger partial charge in [0.25, 0.3) is 0 Å². The molecule has 0 saturated heterocycles. The van der Waals surface area contributed by atoms with Gasteiger partial charge in [0.2, 0.25) is 0 Å². The van der Waals surface area contributed by atoms with Gasteiger partial charge in [0.15, 0.2) is 0 Å². The molecule has 6 heteroatoms. The third kappa shape index (κ3) is 5.55. The van der Waals surface area contributed by atoms with E-state index in [2.05, 4.69) is 4.98 Å². The molecule has 1 rings (SSSR count). The van der Waals surface area contributed by atoms with Gasteiger partial charge in [-0.3, -0.25) is 9.88 Å². The summed E-state index contributed by atoms with van der Waals surface area (Å²) in [5, 5.41) is 0. The van der Waals surface area contributed by atoms with Gasteiger partial charge in [-0.1, -0.05) is 0 Å². The molecule has 0 spiro atoms. The molecule has 1 atom stereocenters. The summed E-state index contributed by atoms with van der Waals surface area (Å²) in [5.41, 5.74) is 6.54. The first-order valence-corrected chi connectivity index (χ1v) is 8.34. The Bertz CT molecular complexity index is 457. The Labute approximate surface area is 131 Å². The molecule has 118 valence electrons. The summed E-state index contributed by atoms with van der Waals surface area (Å²) in [7, 11) is 0. The van der Waals surface area contributed by atoms with E-state index in [-0.39, 0.29) is 12.1 Å². The van der Waals surface area contributed by atoms with Crippen molar-refractivity contribution in [2.45, 2.75) is 45.9 Å². The molecular formula is C15H25N3O2S. The van der Waals surface area contributed by atoms with E-state index in [1.165, 1.54) is 0 Å². The molecule has 1 aromatic rings. The molecule has 5 nitrogen and oxygen atoms in total. The number of thioether (sulfide) groups is 1. The van der Waals surface area contributed by atoms with Gasteiger partial charge >= 0.3 is 6.09 Å². The van der Waals surface area contributed by atoms with E-state index in [1.54, 1.807) is 22.9 Å². The average Bonchev–Trinajstić information content (AvgIpc) is 2.38. The Balaban J connectivity index is 3.03. The summed E-state index contributed by atoms with van der Waals surface area (Å²) >= 11 is 1.69. The van der Waals surface area contributed by atoms with Crippen molar-refractivity contribution in [3.63, 3.8) is 0 Å². The van der Waals surface area contributed by atoms with E-state index in [9.17, 15) is 4.79 Å². The molecule has 0 aliphatic rings. The molecular weight excluding hydrogens is 286 g/mol. The number of carbonyl (C=O) groups is 1. The first kappa shape index (κ1) is 17.8. The lowest BCUT2D eigenvalue weighted by atomic mass is 10.2. The highest BCUT2D eigenvalue weighted by molar-refractivity contribution is 7.98. The third-order valence-electron chi connectivity index (χ3n) is 2.74. The molecule has 0 radical (unpaired) electrons. The van der Waals surface area contributed by atoms with Gasteiger partial charge in [-0.2, -0.15) is 11.8 Å². The van der Waals surface area contributed by atoms with Crippen LogP contribution in [0.5, 0.6) is 0 Å². The zero-order valence-electron chi connectivity index (χ0n) is 13.4. The standard InChI is InChI=1S/C15H25N3O2S/c1-11(10-21-5)18(14(19)20-15(2,3)4)13-7-6-12(8-16)17-9-13/h6-7,9,11H,8,10,16H2,1-5H3. The van der Waals surface area contributed by atoms with Crippen molar-refractivity contribution < 1.29 is 9.53 Å². The van der Waals surface area contributed by atoms with Crippen LogP contribution in [0.3, 0.4) is 0 Å². The second-order valence-electron chi connectivity index (χ2n) is 5.87. The van der Waals surface area contributed by atoms with Crippen molar-refractivity contribution in [2.75, 3.05) is 16.9 Å². The van der Waals surface area contributed by atoms with Gasteiger partial charge in [-0.05, 0) is 46.1 Å². The first-order chi connectivity index (χ1) is 9.78. The van der Waals surface area contributed by atoms with Crippen LogP contribution in [0.1, 0.15) is 33.4 Å². The van der Waals surface area contributed by atoms with Crippen molar-refractivity contribution in [3.05, 3.63) is 24.0 Å². The zero-order valence-corrected chi connectivity index (χ0v) is 14.2. The Kier molecular flexibility index (Phi) is 6.48. The Morgan fingerprint density at radius 2 is 2.14 bits per heavy atom. The fourth-order valence-electron chi connectivity index (χ4n) is 1.85. The molecule has 0 saturated carbocycles. The molecule has 0 bridgehead atoms. The normalized spacial score (nSPS) is 12.9. The van der Waals surface area contributed by atoms with Gasteiger partial charge in [-0.25, -0.2) is 4.79 Å². The van der Waals surface area contributed by atoms with E-state index in [0.717, 1.165) is 17.1 Å². The van der Waals surface area contributed by atoms with Gasteiger partial charge in [-0.15, -0.1) is 0 Å². The van der Waals surface area contributed by atoms with Crippen molar-refractivity contribution >= 4 is 23.5 Å². The highest BCUT2D eigenvalue weighted by atomic mass is 32.2. The molecule has 1 amide bonds. The number of pyridine rings is 1. The van der Waals surface area contributed by atoms with Crippen LogP contribution in [0.25, 0.3) is 0 Å². The summed E-state index contributed by atoms with van der Waals surface area (Å²) in [6, 6.07) is 3.70. The van der Waals surface area contributed by atoms with Crippen molar-refractivity contribution in [2.24, 2.45) is 5.73 Å². The summed E-state index contributed by atoms with van der Waals surface area (Å²) in [4.78, 5) is 18.4. The molecule has 0 fully saturated rings. The fourth-order valence-corrected chi connectivity index (χ4v) is 2.48.